The molecule has 0 aromatic rings. The van der Waals surface area contributed by atoms with Gasteiger partial charge in [0.15, 0.2) is 0 Å². The van der Waals surface area contributed by atoms with E-state index in [0.717, 1.165) is 0 Å². The van der Waals surface area contributed by atoms with Crippen LogP contribution in [0.5, 0.6) is 0 Å². The van der Waals surface area contributed by atoms with Crippen molar-refractivity contribution in [3.63, 3.8) is 0 Å². The van der Waals surface area contributed by atoms with Crippen molar-refractivity contribution in [2.75, 3.05) is 0 Å². The Morgan fingerprint density at radius 2 is 1.00 bits per heavy atom. The van der Waals surface area contributed by atoms with Crippen molar-refractivity contribution in [1.29, 1.82) is 0 Å². The Kier molecular flexibility index (Phi) is 11.9. The van der Waals surface area contributed by atoms with Gasteiger partial charge in [-0.15, -0.1) is 0 Å². The van der Waals surface area contributed by atoms with E-state index >= 15 is 0 Å². The molecule has 0 aromatic carbocycles. The van der Waals surface area contributed by atoms with Crippen molar-refractivity contribution < 1.29 is 14.7 Å². The summed E-state index contributed by atoms with van der Waals surface area (Å²) in [5.74, 6) is 0. The van der Waals surface area contributed by atoms with Gasteiger partial charge in [-0.05, 0) is 0 Å². The molecule has 5 heavy (non-hydrogen) atoms. The zero-order chi connectivity index (χ0) is 3.58. The Balaban J connectivity index is 0. The summed E-state index contributed by atoms with van der Waals surface area (Å²) >= 11 is 0. The van der Waals surface area contributed by atoms with Crippen LogP contribution in [0.3, 0.4) is 0 Å². The zero-order valence-electron chi connectivity index (χ0n) is 1.79. The quantitative estimate of drug-likeness (QED) is 0.272. The molecule has 0 rings (SSSR count). The summed E-state index contributed by atoms with van der Waals surface area (Å²) in [7, 11) is -2.62. The van der Waals surface area contributed by atoms with Gasteiger partial charge in [0.2, 0.25) is 0 Å². The van der Waals surface area contributed by atoms with Gasteiger partial charge in [0, 0.05) is 0 Å². The standard InChI is InChI=1S/K.H3O3P.H/c;1-4(2)3;/h;1-3H;. The van der Waals surface area contributed by atoms with Crippen LogP contribution in [-0.4, -0.2) is 66.1 Å². The topological polar surface area (TPSA) is 60.7 Å². The van der Waals surface area contributed by atoms with Gasteiger partial charge < -0.3 is 14.7 Å². The molecular weight excluding hydrogens is 118 g/mol. The van der Waals surface area contributed by atoms with E-state index in [9.17, 15) is 0 Å². The van der Waals surface area contributed by atoms with Crippen LogP contribution in [0.1, 0.15) is 0 Å². The predicted molar refractivity (Wildman–Crippen MR) is 20.7 cm³/mol. The molecule has 0 fully saturated rings. The summed E-state index contributed by atoms with van der Waals surface area (Å²) < 4.78 is 0. The third-order valence-electron chi connectivity index (χ3n) is 0. The van der Waals surface area contributed by atoms with E-state index in [0.29, 0.717) is 0 Å². The van der Waals surface area contributed by atoms with Crippen LogP contribution in [0.2, 0.25) is 0 Å². The maximum atomic E-state index is 7.23. The third-order valence-corrected chi connectivity index (χ3v) is 0. The summed E-state index contributed by atoms with van der Waals surface area (Å²) in [6.07, 6.45) is 0. The van der Waals surface area contributed by atoms with Crippen LogP contribution in [0, 0.1) is 0 Å². The van der Waals surface area contributed by atoms with Crippen LogP contribution < -0.4 is 0 Å². The molecule has 3 N–H and O–H groups in total. The second-order valence-corrected chi connectivity index (χ2v) is 0.805. The van der Waals surface area contributed by atoms with Crippen LogP contribution in [-0.2, 0) is 0 Å². The van der Waals surface area contributed by atoms with E-state index in [1.807, 2.05) is 0 Å². The normalized spacial score (nSPS) is 7.20. The first kappa shape index (κ1) is 10.0. The summed E-state index contributed by atoms with van der Waals surface area (Å²) in [5, 5.41) is 0. The number of hydrogen-bond acceptors (Lipinski definition) is 3. The second-order valence-electron chi connectivity index (χ2n) is 0.268. The van der Waals surface area contributed by atoms with Gasteiger partial charge in [0.25, 0.3) is 0 Å². The molecule has 0 saturated carbocycles. The molecule has 5 heteroatoms. The Morgan fingerprint density at radius 1 is 1.00 bits per heavy atom. The van der Waals surface area contributed by atoms with Gasteiger partial charge in [-0.2, -0.15) is 0 Å². The summed E-state index contributed by atoms with van der Waals surface area (Å²) in [6.45, 7) is 0. The van der Waals surface area contributed by atoms with Crippen molar-refractivity contribution in [3.8, 4) is 0 Å². The van der Waals surface area contributed by atoms with E-state index in [2.05, 4.69) is 0 Å². The zero-order valence-corrected chi connectivity index (χ0v) is 2.68. The summed E-state index contributed by atoms with van der Waals surface area (Å²) in [5.41, 5.74) is 0. The molecule has 0 saturated heterocycles. The average molecular weight is 122 g/mol. The molecule has 0 amide bonds. The number of rotatable bonds is 0. The molecular formula is H4KO3P. The van der Waals surface area contributed by atoms with Crippen molar-refractivity contribution in [2.24, 2.45) is 0 Å². The van der Waals surface area contributed by atoms with Gasteiger partial charge in [-0.1, -0.05) is 0 Å². The molecule has 0 unspecified atom stereocenters. The molecule has 0 atom stereocenters. The minimum atomic E-state index is -2.62. The molecule has 0 aromatic heterocycles. The number of hydrogen-bond donors (Lipinski definition) is 3. The Labute approximate surface area is 73.4 Å². The molecule has 0 aliphatic heterocycles. The molecule has 0 heterocycles. The molecule has 0 spiro atoms. The molecule has 0 radical (unpaired) electrons. The van der Waals surface area contributed by atoms with Gasteiger partial charge in [-0.3, -0.25) is 0 Å². The fraction of sp³-hybridized carbons (Fsp3) is 0. The van der Waals surface area contributed by atoms with E-state index in [-0.39, 0.29) is 51.4 Å². The van der Waals surface area contributed by atoms with E-state index in [1.54, 1.807) is 0 Å². The van der Waals surface area contributed by atoms with Crippen molar-refractivity contribution in [2.45, 2.75) is 0 Å². The van der Waals surface area contributed by atoms with Gasteiger partial charge in [-0.25, -0.2) is 0 Å². The molecule has 0 aliphatic carbocycles. The van der Waals surface area contributed by atoms with E-state index < -0.39 is 8.60 Å². The Morgan fingerprint density at radius 3 is 1.00 bits per heavy atom. The van der Waals surface area contributed by atoms with Crippen LogP contribution in [0.25, 0.3) is 0 Å². The average Bonchev–Trinajstić information content (AvgIpc) is 0.811. The Hall–Kier alpha value is 1.95. The van der Waals surface area contributed by atoms with Crippen LogP contribution in [0.4, 0.5) is 0 Å². The van der Waals surface area contributed by atoms with Crippen molar-refractivity contribution >= 4 is 60.0 Å². The van der Waals surface area contributed by atoms with E-state index in [4.69, 9.17) is 14.7 Å². The van der Waals surface area contributed by atoms with E-state index in [1.165, 1.54) is 0 Å². The first-order chi connectivity index (χ1) is 1.73. The summed E-state index contributed by atoms with van der Waals surface area (Å²) in [4.78, 5) is 21.7. The first-order valence-electron chi connectivity index (χ1n) is 0.600. The Bertz CT molecular complexity index is 11.6. The van der Waals surface area contributed by atoms with Gasteiger partial charge in [0.1, 0.15) is 0 Å². The first-order valence-corrected chi connectivity index (χ1v) is 1.80. The third kappa shape index (κ3) is 24.4. The monoisotopic (exact) mass is 122 g/mol. The molecule has 28 valence electrons. The molecule has 3 nitrogen and oxygen atoms in total. The fourth-order valence-corrected chi connectivity index (χ4v) is 0. The van der Waals surface area contributed by atoms with Gasteiger partial charge in [0.05, 0.1) is 0 Å². The minimum absolute atomic E-state index is 0. The van der Waals surface area contributed by atoms with Crippen LogP contribution >= 0.6 is 8.60 Å². The SMILES string of the molecule is OP(O)O.[KH]. The van der Waals surface area contributed by atoms with Crippen molar-refractivity contribution in [1.82, 2.24) is 0 Å². The molecule has 0 aliphatic rings. The predicted octanol–water partition coefficient (Wildman–Crippen LogP) is -1.46. The second kappa shape index (κ2) is 5.95. The van der Waals surface area contributed by atoms with Gasteiger partial charge >= 0.3 is 60.0 Å². The summed E-state index contributed by atoms with van der Waals surface area (Å²) in [6, 6.07) is 0. The maximum absolute atomic E-state index is 7.23. The van der Waals surface area contributed by atoms with Crippen LogP contribution in [0.15, 0.2) is 0 Å². The van der Waals surface area contributed by atoms with Crippen molar-refractivity contribution in [3.05, 3.63) is 0 Å². The fourth-order valence-electron chi connectivity index (χ4n) is 0. The molecule has 0 bridgehead atoms.